The molecule has 1 unspecified atom stereocenters. The van der Waals surface area contributed by atoms with Crippen molar-refractivity contribution in [1.82, 2.24) is 0 Å². The molecule has 0 aromatic carbocycles. The predicted molar refractivity (Wildman–Crippen MR) is 50.6 cm³/mol. The molecule has 1 aliphatic rings. The van der Waals surface area contributed by atoms with Gasteiger partial charge in [0.05, 0.1) is 0 Å². The third-order valence-electron chi connectivity index (χ3n) is 2.25. The van der Waals surface area contributed by atoms with Crippen LogP contribution in [0.4, 0.5) is 0 Å². The Kier molecular flexibility index (Phi) is 3.83. The first-order valence-electron chi connectivity index (χ1n) is 4.90. The van der Waals surface area contributed by atoms with Gasteiger partial charge in [-0.15, -0.1) is 0 Å². The van der Waals surface area contributed by atoms with Crippen molar-refractivity contribution < 1.29 is 14.4 Å². The second kappa shape index (κ2) is 4.70. The van der Waals surface area contributed by atoms with Gasteiger partial charge in [0.25, 0.3) is 0 Å². The molecule has 0 aromatic rings. The molecule has 1 aliphatic heterocycles. The van der Waals surface area contributed by atoms with Crippen molar-refractivity contribution in [1.29, 1.82) is 0 Å². The number of nitro groups is 1. The van der Waals surface area contributed by atoms with Gasteiger partial charge in [0.15, 0.2) is 6.29 Å². The number of hydrogen-bond donors (Lipinski definition) is 0. The van der Waals surface area contributed by atoms with Gasteiger partial charge in [0.2, 0.25) is 5.54 Å². The van der Waals surface area contributed by atoms with Gasteiger partial charge in [-0.2, -0.15) is 0 Å². The fraction of sp³-hybridized carbons (Fsp3) is 1.00. The zero-order chi connectivity index (χ0) is 10.6. The van der Waals surface area contributed by atoms with E-state index in [0.29, 0.717) is 6.61 Å². The Balaban J connectivity index is 2.28. The summed E-state index contributed by atoms with van der Waals surface area (Å²) in [4.78, 5) is 10.3. The first-order chi connectivity index (χ1) is 6.52. The lowest BCUT2D eigenvalue weighted by molar-refractivity contribution is -0.566. The standard InChI is InChI=1S/C9H17NO4/c1-9(2,10(11)12)7-14-8-5-3-4-6-13-8/h8H,3-7H2,1-2H3. The largest absolute Gasteiger partial charge is 0.353 e. The Hall–Kier alpha value is -0.680. The molecule has 1 fully saturated rings. The Labute approximate surface area is 83.5 Å². The van der Waals surface area contributed by atoms with Gasteiger partial charge < -0.3 is 9.47 Å². The lowest BCUT2D eigenvalue weighted by Crippen LogP contribution is -2.38. The zero-order valence-electron chi connectivity index (χ0n) is 8.69. The van der Waals surface area contributed by atoms with Crippen molar-refractivity contribution in [3.63, 3.8) is 0 Å². The van der Waals surface area contributed by atoms with E-state index in [0.717, 1.165) is 19.3 Å². The average molecular weight is 203 g/mol. The van der Waals surface area contributed by atoms with Crippen LogP contribution in [0.25, 0.3) is 0 Å². The van der Waals surface area contributed by atoms with Gasteiger partial charge in [0, 0.05) is 25.4 Å². The lowest BCUT2D eigenvalue weighted by Gasteiger charge is -2.25. The van der Waals surface area contributed by atoms with Crippen LogP contribution in [0.3, 0.4) is 0 Å². The molecule has 0 bridgehead atoms. The summed E-state index contributed by atoms with van der Waals surface area (Å²) in [5.74, 6) is 0. The van der Waals surface area contributed by atoms with Gasteiger partial charge in [-0.1, -0.05) is 0 Å². The minimum Gasteiger partial charge on any atom is -0.353 e. The van der Waals surface area contributed by atoms with Crippen LogP contribution in [0.2, 0.25) is 0 Å². The molecule has 0 aliphatic carbocycles. The monoisotopic (exact) mass is 203 g/mol. The molecule has 1 rings (SSSR count). The quantitative estimate of drug-likeness (QED) is 0.514. The third kappa shape index (κ3) is 3.23. The normalized spacial score (nSPS) is 23.4. The number of rotatable bonds is 4. The summed E-state index contributed by atoms with van der Waals surface area (Å²) in [7, 11) is 0. The lowest BCUT2D eigenvalue weighted by atomic mass is 10.1. The van der Waals surface area contributed by atoms with E-state index in [2.05, 4.69) is 0 Å². The maximum Gasteiger partial charge on any atom is 0.239 e. The van der Waals surface area contributed by atoms with E-state index in [4.69, 9.17) is 9.47 Å². The minimum absolute atomic E-state index is 0.102. The summed E-state index contributed by atoms with van der Waals surface area (Å²) in [5.41, 5.74) is -1.03. The second-order valence-corrected chi connectivity index (χ2v) is 4.18. The van der Waals surface area contributed by atoms with Crippen molar-refractivity contribution in [3.8, 4) is 0 Å². The summed E-state index contributed by atoms with van der Waals surface area (Å²) in [6, 6.07) is 0. The van der Waals surface area contributed by atoms with Gasteiger partial charge in [-0.05, 0) is 19.3 Å². The first kappa shape index (κ1) is 11.4. The Bertz CT molecular complexity index is 199. The highest BCUT2D eigenvalue weighted by Gasteiger charge is 2.32. The average Bonchev–Trinajstić information content (AvgIpc) is 2.16. The molecule has 5 heteroatoms. The molecule has 1 saturated heterocycles. The summed E-state index contributed by atoms with van der Waals surface area (Å²) >= 11 is 0. The van der Waals surface area contributed by atoms with E-state index in [1.54, 1.807) is 13.8 Å². The van der Waals surface area contributed by atoms with Crippen LogP contribution in [-0.2, 0) is 9.47 Å². The molecule has 1 heterocycles. The zero-order valence-corrected chi connectivity index (χ0v) is 8.69. The minimum atomic E-state index is -1.03. The van der Waals surface area contributed by atoms with Gasteiger partial charge in [-0.3, -0.25) is 10.1 Å². The van der Waals surface area contributed by atoms with Gasteiger partial charge in [-0.25, -0.2) is 0 Å². The van der Waals surface area contributed by atoms with E-state index in [-0.39, 0.29) is 17.8 Å². The van der Waals surface area contributed by atoms with Crippen molar-refractivity contribution in [2.45, 2.75) is 44.9 Å². The fourth-order valence-electron chi connectivity index (χ4n) is 1.19. The Morgan fingerprint density at radius 1 is 1.57 bits per heavy atom. The molecule has 0 radical (unpaired) electrons. The molecular weight excluding hydrogens is 186 g/mol. The third-order valence-corrected chi connectivity index (χ3v) is 2.25. The van der Waals surface area contributed by atoms with Crippen molar-refractivity contribution in [2.75, 3.05) is 13.2 Å². The molecule has 0 saturated carbocycles. The van der Waals surface area contributed by atoms with Crippen LogP contribution in [0, 0.1) is 10.1 Å². The van der Waals surface area contributed by atoms with E-state index in [9.17, 15) is 10.1 Å². The summed E-state index contributed by atoms with van der Waals surface area (Å²) in [5, 5.41) is 10.6. The van der Waals surface area contributed by atoms with Crippen LogP contribution in [-0.4, -0.2) is 30.0 Å². The maximum absolute atomic E-state index is 10.6. The van der Waals surface area contributed by atoms with Crippen LogP contribution in [0.5, 0.6) is 0 Å². The highest BCUT2D eigenvalue weighted by atomic mass is 16.7. The van der Waals surface area contributed by atoms with Gasteiger partial charge in [0.1, 0.15) is 6.61 Å². The molecular formula is C9H17NO4. The molecule has 0 N–H and O–H groups in total. The number of ether oxygens (including phenoxy) is 2. The molecule has 5 nitrogen and oxygen atoms in total. The Morgan fingerprint density at radius 3 is 2.79 bits per heavy atom. The Morgan fingerprint density at radius 2 is 2.29 bits per heavy atom. The van der Waals surface area contributed by atoms with E-state index in [1.165, 1.54) is 0 Å². The summed E-state index contributed by atoms with van der Waals surface area (Å²) in [6.07, 6.45) is 2.72. The molecule has 0 spiro atoms. The SMILES string of the molecule is CC(C)(COC1CCCCO1)[N+](=O)[O-]. The van der Waals surface area contributed by atoms with Crippen molar-refractivity contribution >= 4 is 0 Å². The summed E-state index contributed by atoms with van der Waals surface area (Å²) in [6.45, 7) is 3.90. The molecule has 1 atom stereocenters. The van der Waals surface area contributed by atoms with Crippen LogP contribution in [0.15, 0.2) is 0 Å². The smallest absolute Gasteiger partial charge is 0.239 e. The predicted octanol–water partition coefficient (Wildman–Crippen LogP) is 1.58. The maximum atomic E-state index is 10.6. The van der Waals surface area contributed by atoms with E-state index >= 15 is 0 Å². The van der Waals surface area contributed by atoms with E-state index < -0.39 is 5.54 Å². The van der Waals surface area contributed by atoms with Crippen LogP contribution < -0.4 is 0 Å². The van der Waals surface area contributed by atoms with Crippen LogP contribution in [0.1, 0.15) is 33.1 Å². The highest BCUT2D eigenvalue weighted by molar-refractivity contribution is 4.66. The van der Waals surface area contributed by atoms with Crippen LogP contribution >= 0.6 is 0 Å². The topological polar surface area (TPSA) is 61.6 Å². The highest BCUT2D eigenvalue weighted by Crippen LogP contribution is 2.16. The van der Waals surface area contributed by atoms with Crippen molar-refractivity contribution in [2.24, 2.45) is 0 Å². The molecule has 0 aromatic heterocycles. The number of hydrogen-bond acceptors (Lipinski definition) is 4. The first-order valence-corrected chi connectivity index (χ1v) is 4.90. The van der Waals surface area contributed by atoms with Crippen molar-refractivity contribution in [3.05, 3.63) is 10.1 Å². The summed E-state index contributed by atoms with van der Waals surface area (Å²) < 4.78 is 10.7. The number of nitrogens with zero attached hydrogens (tertiary/aromatic N) is 1. The van der Waals surface area contributed by atoms with Gasteiger partial charge >= 0.3 is 0 Å². The fourth-order valence-corrected chi connectivity index (χ4v) is 1.19. The molecule has 82 valence electrons. The molecule has 0 amide bonds. The molecule has 14 heavy (non-hydrogen) atoms. The van der Waals surface area contributed by atoms with E-state index in [1.807, 2.05) is 0 Å². The second-order valence-electron chi connectivity index (χ2n) is 4.18.